The number of carboxylic acid groups (broad SMARTS) is 1. The number of rotatable bonds is 14. The predicted octanol–water partition coefficient (Wildman–Crippen LogP) is -3.52. The van der Waals surface area contributed by atoms with Crippen LogP contribution in [0, 0.1) is 0 Å². The van der Waals surface area contributed by atoms with Gasteiger partial charge in [0.2, 0.25) is 17.7 Å². The molecule has 0 aliphatic carbocycles. The molecule has 0 spiro atoms. The third-order valence-electron chi connectivity index (χ3n) is 4.59. The van der Waals surface area contributed by atoms with E-state index in [0.29, 0.717) is 5.56 Å². The fourth-order valence-corrected chi connectivity index (χ4v) is 2.83. The number of phenolic OH excluding ortho intramolecular Hbond substituents is 1. The van der Waals surface area contributed by atoms with Gasteiger partial charge in [0.25, 0.3) is 0 Å². The van der Waals surface area contributed by atoms with Crippen molar-refractivity contribution in [2.45, 2.75) is 37.4 Å². The van der Waals surface area contributed by atoms with Gasteiger partial charge in [-0.1, -0.05) is 12.1 Å². The summed E-state index contributed by atoms with van der Waals surface area (Å²) in [7, 11) is 0. The highest BCUT2D eigenvalue weighted by molar-refractivity contribution is 5.93. The van der Waals surface area contributed by atoms with Crippen LogP contribution in [-0.4, -0.2) is 82.8 Å². The van der Waals surface area contributed by atoms with Crippen LogP contribution in [0.4, 0.5) is 0 Å². The second kappa shape index (κ2) is 14.3. The summed E-state index contributed by atoms with van der Waals surface area (Å²) < 4.78 is 0. The van der Waals surface area contributed by atoms with Crippen LogP contribution < -0.4 is 33.2 Å². The summed E-state index contributed by atoms with van der Waals surface area (Å²) in [5.74, 6) is -3.79. The number of hydrogen-bond donors (Lipinski definition) is 9. The summed E-state index contributed by atoms with van der Waals surface area (Å²) in [5.41, 5.74) is 16.5. The molecule has 3 unspecified atom stereocenters. The fraction of sp³-hybridized carbons (Fsp3) is 0.450. The number of hydrogen-bond acceptors (Lipinski definition) is 8. The molecule has 0 saturated carbocycles. The molecule has 0 radical (unpaired) electrons. The molecule has 1 aromatic carbocycles. The minimum atomic E-state index is -1.57. The Morgan fingerprint density at radius 3 is 2.06 bits per heavy atom. The van der Waals surface area contributed by atoms with Gasteiger partial charge >= 0.3 is 5.97 Å². The number of guanidine groups is 1. The maximum Gasteiger partial charge on any atom is 0.328 e. The zero-order valence-electron chi connectivity index (χ0n) is 18.4. The molecule has 3 amide bonds. The van der Waals surface area contributed by atoms with Crippen LogP contribution in [0.3, 0.4) is 0 Å². The number of carbonyl (C=O) groups excluding carboxylic acids is 3. The van der Waals surface area contributed by atoms with Crippen LogP contribution in [0.5, 0.6) is 5.75 Å². The van der Waals surface area contributed by atoms with Gasteiger partial charge in [-0.05, 0) is 30.5 Å². The average Bonchev–Trinajstić information content (AvgIpc) is 2.79. The van der Waals surface area contributed by atoms with Gasteiger partial charge < -0.3 is 48.5 Å². The van der Waals surface area contributed by atoms with Crippen molar-refractivity contribution in [3.8, 4) is 5.75 Å². The van der Waals surface area contributed by atoms with Crippen LogP contribution in [0.15, 0.2) is 29.3 Å². The Hall–Kier alpha value is -3.91. The molecule has 0 aliphatic rings. The summed E-state index contributed by atoms with van der Waals surface area (Å²) in [6, 6.07) is 2.03. The van der Waals surface area contributed by atoms with Gasteiger partial charge in [0.1, 0.15) is 23.9 Å². The molecule has 14 heteroatoms. The Morgan fingerprint density at radius 1 is 0.941 bits per heavy atom. The zero-order chi connectivity index (χ0) is 25.7. The maximum atomic E-state index is 13.0. The first-order chi connectivity index (χ1) is 16.1. The summed E-state index contributed by atoms with van der Waals surface area (Å²) in [5, 5.41) is 34.8. The molecule has 14 nitrogen and oxygen atoms in total. The van der Waals surface area contributed by atoms with Gasteiger partial charge in [-0.3, -0.25) is 19.4 Å². The monoisotopic (exact) mass is 481 g/mol. The number of aromatic hydroxyl groups is 1. The normalized spacial score (nSPS) is 13.1. The van der Waals surface area contributed by atoms with Gasteiger partial charge in [0.15, 0.2) is 5.96 Å². The first-order valence-electron chi connectivity index (χ1n) is 10.3. The average molecular weight is 482 g/mol. The molecule has 0 bridgehead atoms. The number of nitrogens with two attached hydrogens (primary N) is 3. The zero-order valence-corrected chi connectivity index (χ0v) is 18.4. The lowest BCUT2D eigenvalue weighted by atomic mass is 10.0. The van der Waals surface area contributed by atoms with E-state index in [2.05, 4.69) is 20.9 Å². The van der Waals surface area contributed by atoms with E-state index in [1.54, 1.807) is 12.1 Å². The lowest BCUT2D eigenvalue weighted by molar-refractivity contribution is -0.143. The molecule has 0 saturated heterocycles. The highest BCUT2D eigenvalue weighted by Crippen LogP contribution is 2.12. The first-order valence-corrected chi connectivity index (χ1v) is 10.3. The van der Waals surface area contributed by atoms with Crippen molar-refractivity contribution in [2.75, 3.05) is 19.7 Å². The van der Waals surface area contributed by atoms with Crippen molar-refractivity contribution in [3.63, 3.8) is 0 Å². The number of nitrogens with one attached hydrogen (secondary N) is 3. The summed E-state index contributed by atoms with van der Waals surface area (Å²) in [6.07, 6.45) is 0.308. The molecule has 0 aromatic heterocycles. The fourth-order valence-electron chi connectivity index (χ4n) is 2.83. The minimum absolute atomic E-state index is 0.0186. The second-order valence-electron chi connectivity index (χ2n) is 7.29. The van der Waals surface area contributed by atoms with Gasteiger partial charge in [-0.2, -0.15) is 0 Å². The van der Waals surface area contributed by atoms with E-state index in [0.717, 1.165) is 0 Å². The van der Waals surface area contributed by atoms with Crippen molar-refractivity contribution in [3.05, 3.63) is 29.8 Å². The van der Waals surface area contributed by atoms with Crippen molar-refractivity contribution in [1.82, 2.24) is 16.0 Å². The van der Waals surface area contributed by atoms with Crippen molar-refractivity contribution < 1.29 is 34.5 Å². The van der Waals surface area contributed by atoms with Crippen LogP contribution in [0.1, 0.15) is 18.4 Å². The van der Waals surface area contributed by atoms with Crippen LogP contribution >= 0.6 is 0 Å². The number of aliphatic imine (C=N–C) groups is 1. The topological polar surface area (TPSA) is 255 Å². The third-order valence-corrected chi connectivity index (χ3v) is 4.59. The van der Waals surface area contributed by atoms with E-state index in [1.807, 2.05) is 0 Å². The largest absolute Gasteiger partial charge is 0.508 e. The molecule has 1 aromatic rings. The number of phenols is 1. The maximum absolute atomic E-state index is 13.0. The second-order valence-corrected chi connectivity index (χ2v) is 7.29. The summed E-state index contributed by atoms with van der Waals surface area (Å²) >= 11 is 0. The molecule has 3 atom stereocenters. The van der Waals surface area contributed by atoms with E-state index in [-0.39, 0.29) is 44.1 Å². The molecular formula is C20H31N7O7. The quantitative estimate of drug-likeness (QED) is 0.0718. The van der Waals surface area contributed by atoms with Gasteiger partial charge in [-0.15, -0.1) is 0 Å². The van der Waals surface area contributed by atoms with E-state index >= 15 is 0 Å². The van der Waals surface area contributed by atoms with E-state index < -0.39 is 48.4 Å². The van der Waals surface area contributed by atoms with Gasteiger partial charge in [-0.25, -0.2) is 4.79 Å². The molecule has 34 heavy (non-hydrogen) atoms. The number of aliphatic carboxylic acids is 1. The molecule has 12 N–H and O–H groups in total. The number of carbonyl (C=O) groups is 4. The third kappa shape index (κ3) is 10.1. The standard InChI is InChI=1S/C20H31N7O7/c21-9-16(30)25-14(8-11-3-5-12(29)6-4-11)18(32)26-13(2-1-7-24-20(22)23)17(31)27-15(10-28)19(33)34/h3-6,13-15,28-29H,1-2,7-10,21H2,(H,25,30)(H,26,32)(H,27,31)(H,33,34)(H4,22,23,24). The Labute approximate surface area is 195 Å². The minimum Gasteiger partial charge on any atom is -0.508 e. The van der Waals surface area contributed by atoms with Crippen molar-refractivity contribution in [2.24, 2.45) is 22.2 Å². The van der Waals surface area contributed by atoms with Gasteiger partial charge in [0, 0.05) is 13.0 Å². The van der Waals surface area contributed by atoms with Crippen molar-refractivity contribution in [1.29, 1.82) is 0 Å². The molecule has 0 heterocycles. The molecular weight excluding hydrogens is 450 g/mol. The number of aliphatic hydroxyl groups is 1. The summed E-state index contributed by atoms with van der Waals surface area (Å²) in [6.45, 7) is -1.09. The number of amides is 3. The number of aliphatic hydroxyl groups excluding tert-OH is 1. The Morgan fingerprint density at radius 2 is 1.53 bits per heavy atom. The van der Waals surface area contributed by atoms with Crippen LogP contribution in [0.25, 0.3) is 0 Å². The highest BCUT2D eigenvalue weighted by Gasteiger charge is 2.29. The van der Waals surface area contributed by atoms with E-state index in [4.69, 9.17) is 22.3 Å². The number of nitrogens with zero attached hydrogens (tertiary/aromatic N) is 1. The van der Waals surface area contributed by atoms with Gasteiger partial charge in [0.05, 0.1) is 13.2 Å². The Kier molecular flexibility index (Phi) is 11.8. The van der Waals surface area contributed by atoms with Crippen molar-refractivity contribution >= 4 is 29.7 Å². The summed E-state index contributed by atoms with van der Waals surface area (Å²) in [4.78, 5) is 52.4. The number of benzene rings is 1. The Balaban J connectivity index is 3.03. The molecule has 1 rings (SSSR count). The Bertz CT molecular complexity index is 873. The smallest absolute Gasteiger partial charge is 0.328 e. The van der Waals surface area contributed by atoms with Crippen LogP contribution in [-0.2, 0) is 25.6 Å². The molecule has 0 fully saturated rings. The number of carboxylic acids is 1. The highest BCUT2D eigenvalue weighted by atomic mass is 16.4. The SMILES string of the molecule is NCC(=O)NC(Cc1ccc(O)cc1)C(=O)NC(CCCN=C(N)N)C(=O)NC(CO)C(=O)O. The van der Waals surface area contributed by atoms with E-state index in [1.165, 1.54) is 12.1 Å². The van der Waals surface area contributed by atoms with Crippen LogP contribution in [0.2, 0.25) is 0 Å². The lowest BCUT2D eigenvalue weighted by Gasteiger charge is -2.24. The molecule has 188 valence electrons. The first kappa shape index (κ1) is 28.1. The molecule has 0 aliphatic heterocycles. The lowest BCUT2D eigenvalue weighted by Crippen LogP contribution is -2.57. The predicted molar refractivity (Wildman–Crippen MR) is 121 cm³/mol. The van der Waals surface area contributed by atoms with E-state index in [9.17, 15) is 29.4 Å².